The number of carbonyl (C=O) groups excluding carboxylic acids is 1. The minimum Gasteiger partial charge on any atom is -0.459 e. The Morgan fingerprint density at radius 2 is 2.04 bits per heavy atom. The average molecular weight is 316 g/mol. The first-order valence-corrected chi connectivity index (χ1v) is 9.40. The van der Waals surface area contributed by atoms with Crippen LogP contribution in [-0.4, -0.2) is 23.3 Å². The van der Waals surface area contributed by atoms with Gasteiger partial charge in [-0.1, -0.05) is 25.5 Å². The highest BCUT2D eigenvalue weighted by Crippen LogP contribution is 2.74. The molecule has 126 valence electrons. The van der Waals surface area contributed by atoms with Gasteiger partial charge in [0.05, 0.1) is 11.5 Å². The van der Waals surface area contributed by atoms with Gasteiger partial charge in [0.1, 0.15) is 6.10 Å². The fourth-order valence-electron chi connectivity index (χ4n) is 8.02. The van der Waals surface area contributed by atoms with E-state index < -0.39 is 6.10 Å². The van der Waals surface area contributed by atoms with Gasteiger partial charge in [-0.25, -0.2) is 0 Å². The summed E-state index contributed by atoms with van der Waals surface area (Å²) in [5, 5.41) is 11.4. The van der Waals surface area contributed by atoms with Crippen LogP contribution in [0.1, 0.15) is 58.8 Å². The number of hydrogen-bond donors (Lipinski definition) is 1. The van der Waals surface area contributed by atoms with Gasteiger partial charge in [0.15, 0.2) is 0 Å². The van der Waals surface area contributed by atoms with Gasteiger partial charge in [-0.2, -0.15) is 0 Å². The molecule has 3 nitrogen and oxygen atoms in total. The standard InChI is InChI=1S/C20H28O3/c1-11-9-20-10-12(11)5-6-13(20)18(2)7-4-8-19(3)15(18)14(16(20)21)23-17(19)22/h12-16,21H,1,4-10H2,2-3H3/t12-,13+,14-,15+,16?,18+,19-,20+/m1/s1. The zero-order valence-corrected chi connectivity index (χ0v) is 14.3. The van der Waals surface area contributed by atoms with E-state index in [1.807, 2.05) is 0 Å². The van der Waals surface area contributed by atoms with Crippen molar-refractivity contribution in [3.05, 3.63) is 12.2 Å². The van der Waals surface area contributed by atoms with Crippen LogP contribution in [0.15, 0.2) is 12.2 Å². The molecular weight excluding hydrogens is 288 g/mol. The smallest absolute Gasteiger partial charge is 0.312 e. The Balaban J connectivity index is 1.69. The summed E-state index contributed by atoms with van der Waals surface area (Å²) in [5.41, 5.74) is 0.987. The van der Waals surface area contributed by atoms with E-state index in [2.05, 4.69) is 20.4 Å². The third-order valence-electron chi connectivity index (χ3n) is 8.80. The third kappa shape index (κ3) is 1.41. The third-order valence-corrected chi connectivity index (χ3v) is 8.80. The SMILES string of the molecule is C=C1C[C@]23C[C@H]1CC[C@H]2[C@]1(C)CCC[C@@]2(C)C(=O)O[C@@H](C3O)[C@@H]12. The predicted octanol–water partition coefficient (Wildman–Crippen LogP) is 3.46. The molecule has 1 heterocycles. The van der Waals surface area contributed by atoms with Crippen LogP contribution >= 0.6 is 0 Å². The summed E-state index contributed by atoms with van der Waals surface area (Å²) in [6.45, 7) is 8.82. The lowest BCUT2D eigenvalue weighted by Crippen LogP contribution is -2.65. The Hall–Kier alpha value is -0.830. The number of fused-ring (bicyclic) bond motifs is 2. The van der Waals surface area contributed by atoms with Crippen LogP contribution in [-0.2, 0) is 9.53 Å². The monoisotopic (exact) mass is 316 g/mol. The lowest BCUT2D eigenvalue weighted by molar-refractivity contribution is -0.219. The minimum absolute atomic E-state index is 0.0547. The molecule has 23 heavy (non-hydrogen) atoms. The molecule has 1 unspecified atom stereocenters. The molecule has 5 fully saturated rings. The molecule has 2 bridgehead atoms. The first kappa shape index (κ1) is 14.5. The zero-order chi connectivity index (χ0) is 16.2. The van der Waals surface area contributed by atoms with Gasteiger partial charge in [0.2, 0.25) is 0 Å². The molecule has 1 saturated heterocycles. The van der Waals surface area contributed by atoms with E-state index in [0.29, 0.717) is 11.8 Å². The molecule has 0 radical (unpaired) electrons. The molecule has 4 aliphatic carbocycles. The summed E-state index contributed by atoms with van der Waals surface area (Å²) in [4.78, 5) is 12.7. The minimum atomic E-state index is -0.503. The predicted molar refractivity (Wildman–Crippen MR) is 86.5 cm³/mol. The second-order valence-electron chi connectivity index (χ2n) is 9.67. The summed E-state index contributed by atoms with van der Waals surface area (Å²) in [6.07, 6.45) is 6.82. The van der Waals surface area contributed by atoms with Crippen LogP contribution in [0.2, 0.25) is 0 Å². The molecule has 1 spiro atoms. The fraction of sp³-hybridized carbons (Fsp3) is 0.850. The number of hydrogen-bond acceptors (Lipinski definition) is 3. The van der Waals surface area contributed by atoms with E-state index in [4.69, 9.17) is 4.74 Å². The van der Waals surface area contributed by atoms with Gasteiger partial charge in [0, 0.05) is 11.3 Å². The molecule has 5 rings (SSSR count). The van der Waals surface area contributed by atoms with E-state index in [1.165, 1.54) is 24.8 Å². The van der Waals surface area contributed by atoms with Crippen molar-refractivity contribution in [3.8, 4) is 0 Å². The van der Waals surface area contributed by atoms with Crippen molar-refractivity contribution in [2.24, 2.45) is 34.0 Å². The number of aliphatic hydroxyl groups is 1. The number of carbonyl (C=O) groups is 1. The molecular formula is C20H28O3. The van der Waals surface area contributed by atoms with E-state index in [-0.39, 0.29) is 34.2 Å². The zero-order valence-electron chi connectivity index (χ0n) is 14.3. The van der Waals surface area contributed by atoms with Gasteiger partial charge in [-0.3, -0.25) is 4.79 Å². The summed E-state index contributed by atoms with van der Waals surface area (Å²) in [7, 11) is 0. The number of ether oxygens (including phenoxy) is 1. The lowest BCUT2D eigenvalue weighted by atomic mass is 9.40. The molecule has 8 atom stereocenters. The molecule has 0 aromatic carbocycles. The topological polar surface area (TPSA) is 46.5 Å². The normalized spacial score (nSPS) is 60.2. The summed E-state index contributed by atoms with van der Waals surface area (Å²) >= 11 is 0. The fourth-order valence-corrected chi connectivity index (χ4v) is 8.02. The Bertz CT molecular complexity index is 612. The highest BCUT2D eigenvalue weighted by molar-refractivity contribution is 5.80. The van der Waals surface area contributed by atoms with E-state index in [9.17, 15) is 9.90 Å². The molecule has 0 aromatic rings. The molecule has 1 aliphatic heterocycles. The Morgan fingerprint density at radius 3 is 2.83 bits per heavy atom. The summed E-state index contributed by atoms with van der Waals surface area (Å²) in [6, 6.07) is 0. The van der Waals surface area contributed by atoms with Crippen molar-refractivity contribution in [1.29, 1.82) is 0 Å². The molecule has 0 amide bonds. The number of rotatable bonds is 0. The molecule has 0 aromatic heterocycles. The van der Waals surface area contributed by atoms with Crippen molar-refractivity contribution in [2.75, 3.05) is 0 Å². The van der Waals surface area contributed by atoms with Crippen molar-refractivity contribution in [2.45, 2.75) is 71.0 Å². The lowest BCUT2D eigenvalue weighted by Gasteiger charge is -2.63. The number of esters is 1. The van der Waals surface area contributed by atoms with E-state index in [1.54, 1.807) is 0 Å². The van der Waals surface area contributed by atoms with Gasteiger partial charge in [-0.05, 0) is 62.7 Å². The Morgan fingerprint density at radius 1 is 1.26 bits per heavy atom. The van der Waals surface area contributed by atoms with Crippen LogP contribution in [0, 0.1) is 34.0 Å². The van der Waals surface area contributed by atoms with Crippen LogP contribution in [0.5, 0.6) is 0 Å². The van der Waals surface area contributed by atoms with Crippen LogP contribution in [0.3, 0.4) is 0 Å². The second kappa shape index (κ2) is 4.04. The van der Waals surface area contributed by atoms with Gasteiger partial charge < -0.3 is 9.84 Å². The van der Waals surface area contributed by atoms with Crippen molar-refractivity contribution >= 4 is 5.97 Å². The van der Waals surface area contributed by atoms with Gasteiger partial charge in [-0.15, -0.1) is 0 Å². The molecule has 4 saturated carbocycles. The average Bonchev–Trinajstić information content (AvgIpc) is 2.91. The maximum atomic E-state index is 12.7. The van der Waals surface area contributed by atoms with Gasteiger partial charge in [0.25, 0.3) is 0 Å². The highest BCUT2D eigenvalue weighted by Gasteiger charge is 2.74. The van der Waals surface area contributed by atoms with E-state index in [0.717, 1.165) is 25.7 Å². The highest BCUT2D eigenvalue weighted by atomic mass is 16.6. The molecule has 1 N–H and O–H groups in total. The van der Waals surface area contributed by atoms with Gasteiger partial charge >= 0.3 is 5.97 Å². The first-order chi connectivity index (χ1) is 10.8. The van der Waals surface area contributed by atoms with Crippen LogP contribution < -0.4 is 0 Å². The molecule has 3 heteroatoms. The Kier molecular flexibility index (Phi) is 2.55. The maximum absolute atomic E-state index is 12.7. The quantitative estimate of drug-likeness (QED) is 0.550. The summed E-state index contributed by atoms with van der Waals surface area (Å²) in [5.74, 6) is 1.22. The summed E-state index contributed by atoms with van der Waals surface area (Å²) < 4.78 is 5.87. The number of aliphatic hydroxyl groups excluding tert-OH is 1. The first-order valence-electron chi connectivity index (χ1n) is 9.40. The largest absolute Gasteiger partial charge is 0.459 e. The molecule has 5 aliphatic rings. The van der Waals surface area contributed by atoms with Crippen molar-refractivity contribution in [1.82, 2.24) is 0 Å². The van der Waals surface area contributed by atoms with Crippen LogP contribution in [0.25, 0.3) is 0 Å². The Labute approximate surface area is 138 Å². The van der Waals surface area contributed by atoms with E-state index >= 15 is 0 Å². The number of allylic oxidation sites excluding steroid dienone is 1. The van der Waals surface area contributed by atoms with Crippen molar-refractivity contribution in [3.63, 3.8) is 0 Å². The van der Waals surface area contributed by atoms with Crippen LogP contribution in [0.4, 0.5) is 0 Å². The maximum Gasteiger partial charge on any atom is 0.312 e. The second-order valence-corrected chi connectivity index (χ2v) is 9.67. The van der Waals surface area contributed by atoms with Crippen molar-refractivity contribution < 1.29 is 14.6 Å².